The highest BCUT2D eigenvalue weighted by molar-refractivity contribution is 5.95. The third-order valence-electron chi connectivity index (χ3n) is 1.64. The van der Waals surface area contributed by atoms with Crippen molar-refractivity contribution in [2.75, 3.05) is 12.8 Å². The maximum atomic E-state index is 10.9. The van der Waals surface area contributed by atoms with Gasteiger partial charge in [0.05, 0.1) is 12.8 Å². The van der Waals surface area contributed by atoms with E-state index in [0.29, 0.717) is 17.0 Å². The zero-order valence-electron chi connectivity index (χ0n) is 9.13. The Bertz CT molecular complexity index is 308. The number of anilines is 1. The van der Waals surface area contributed by atoms with Crippen LogP contribution in [0.1, 0.15) is 31.1 Å². The Balaban J connectivity index is 0.000000791. The van der Waals surface area contributed by atoms with Crippen molar-refractivity contribution >= 4 is 11.5 Å². The van der Waals surface area contributed by atoms with Gasteiger partial charge in [0.25, 0.3) is 0 Å². The lowest BCUT2D eigenvalue weighted by Gasteiger charge is -2.04. The monoisotopic (exact) mass is 195 g/mol. The number of Topliss-reactive ketones (excluding diaryl/α,β-unsaturated/α-hetero) is 1. The highest BCUT2D eigenvalue weighted by Gasteiger charge is 2.02. The maximum Gasteiger partial charge on any atom is 0.159 e. The second kappa shape index (κ2) is 6.02. The van der Waals surface area contributed by atoms with Crippen molar-refractivity contribution in [1.82, 2.24) is 0 Å². The van der Waals surface area contributed by atoms with Crippen LogP contribution in [-0.2, 0) is 0 Å². The molecule has 3 heteroatoms. The number of benzene rings is 1. The van der Waals surface area contributed by atoms with Gasteiger partial charge in [-0.15, -0.1) is 0 Å². The Kier molecular flexibility index (Phi) is 5.37. The molecule has 0 bridgehead atoms. The van der Waals surface area contributed by atoms with Crippen LogP contribution < -0.4 is 10.5 Å². The predicted molar refractivity (Wildman–Crippen MR) is 58.8 cm³/mol. The van der Waals surface area contributed by atoms with E-state index in [2.05, 4.69) is 0 Å². The fourth-order valence-corrected chi connectivity index (χ4v) is 0.953. The van der Waals surface area contributed by atoms with Crippen molar-refractivity contribution in [1.29, 1.82) is 0 Å². The number of hydrogen-bond donors (Lipinski definition) is 1. The summed E-state index contributed by atoms with van der Waals surface area (Å²) in [5.41, 5.74) is 6.69. The number of methoxy groups -OCH3 is 1. The minimum atomic E-state index is 0.00403. The molecule has 0 saturated heterocycles. The lowest BCUT2D eigenvalue weighted by atomic mass is 10.1. The summed E-state index contributed by atoms with van der Waals surface area (Å²) in [5, 5.41) is 0. The van der Waals surface area contributed by atoms with Gasteiger partial charge in [-0.1, -0.05) is 13.8 Å². The molecule has 14 heavy (non-hydrogen) atoms. The first kappa shape index (κ1) is 12.5. The molecule has 0 aliphatic rings. The Labute approximate surface area is 84.9 Å². The number of carbonyl (C=O) groups excluding carboxylic acids is 1. The van der Waals surface area contributed by atoms with Gasteiger partial charge >= 0.3 is 0 Å². The number of hydrogen-bond acceptors (Lipinski definition) is 3. The van der Waals surface area contributed by atoms with E-state index in [9.17, 15) is 4.79 Å². The zero-order chi connectivity index (χ0) is 11.1. The summed E-state index contributed by atoms with van der Waals surface area (Å²) < 4.78 is 4.94. The van der Waals surface area contributed by atoms with Crippen molar-refractivity contribution in [3.05, 3.63) is 23.8 Å². The standard InChI is InChI=1S/C9H11NO2.C2H6/c1-6(11)7-3-4-9(12-2)8(10)5-7;1-2/h3-5H,10H2,1-2H3;1-2H3. The molecule has 0 spiro atoms. The molecule has 1 aromatic rings. The first-order valence-corrected chi connectivity index (χ1v) is 4.59. The summed E-state index contributed by atoms with van der Waals surface area (Å²) in [5.74, 6) is 0.601. The van der Waals surface area contributed by atoms with Crippen molar-refractivity contribution in [3.63, 3.8) is 0 Å². The molecule has 0 heterocycles. The number of nitrogens with two attached hydrogens (primary N) is 1. The minimum Gasteiger partial charge on any atom is -0.495 e. The second-order valence-electron chi connectivity index (χ2n) is 2.51. The maximum absolute atomic E-state index is 10.9. The van der Waals surface area contributed by atoms with Crippen molar-refractivity contribution in [2.24, 2.45) is 0 Å². The number of ether oxygens (including phenoxy) is 1. The highest BCUT2D eigenvalue weighted by atomic mass is 16.5. The third kappa shape index (κ3) is 3.09. The average molecular weight is 195 g/mol. The largest absolute Gasteiger partial charge is 0.495 e. The lowest BCUT2D eigenvalue weighted by molar-refractivity contribution is 0.101. The summed E-state index contributed by atoms with van der Waals surface area (Å²) in [6.45, 7) is 5.50. The smallest absolute Gasteiger partial charge is 0.159 e. The fourth-order valence-electron chi connectivity index (χ4n) is 0.953. The van der Waals surface area contributed by atoms with Crippen LogP contribution in [0, 0.1) is 0 Å². The van der Waals surface area contributed by atoms with Crippen molar-refractivity contribution in [3.8, 4) is 5.75 Å². The van der Waals surface area contributed by atoms with Gasteiger partial charge in [-0.2, -0.15) is 0 Å². The van der Waals surface area contributed by atoms with Gasteiger partial charge in [0, 0.05) is 5.56 Å². The van der Waals surface area contributed by atoms with E-state index in [0.717, 1.165) is 0 Å². The molecule has 1 rings (SSSR count). The summed E-state index contributed by atoms with van der Waals surface area (Å²) >= 11 is 0. The van der Waals surface area contributed by atoms with E-state index >= 15 is 0 Å². The summed E-state index contributed by atoms with van der Waals surface area (Å²) in [6.07, 6.45) is 0. The van der Waals surface area contributed by atoms with E-state index in [-0.39, 0.29) is 5.78 Å². The fraction of sp³-hybridized carbons (Fsp3) is 0.364. The molecule has 0 aromatic heterocycles. The van der Waals surface area contributed by atoms with Crippen LogP contribution in [0.15, 0.2) is 18.2 Å². The first-order valence-electron chi connectivity index (χ1n) is 4.59. The summed E-state index contributed by atoms with van der Waals surface area (Å²) in [7, 11) is 1.54. The van der Waals surface area contributed by atoms with Crippen LogP contribution in [-0.4, -0.2) is 12.9 Å². The molecule has 0 unspecified atom stereocenters. The molecule has 0 aliphatic heterocycles. The molecule has 0 radical (unpaired) electrons. The molecule has 2 N–H and O–H groups in total. The lowest BCUT2D eigenvalue weighted by Crippen LogP contribution is -1.97. The topological polar surface area (TPSA) is 52.3 Å². The normalized spacial score (nSPS) is 8.57. The van der Waals surface area contributed by atoms with E-state index in [4.69, 9.17) is 10.5 Å². The van der Waals surface area contributed by atoms with E-state index in [1.807, 2.05) is 13.8 Å². The van der Waals surface area contributed by atoms with E-state index in [1.54, 1.807) is 25.3 Å². The number of carbonyl (C=O) groups is 1. The molecule has 3 nitrogen and oxygen atoms in total. The quantitative estimate of drug-likeness (QED) is 0.582. The second-order valence-corrected chi connectivity index (χ2v) is 2.51. The Morgan fingerprint density at radius 2 is 1.93 bits per heavy atom. The molecule has 0 fully saturated rings. The highest BCUT2D eigenvalue weighted by Crippen LogP contribution is 2.21. The molecule has 0 saturated carbocycles. The van der Waals surface area contributed by atoms with Crippen molar-refractivity contribution in [2.45, 2.75) is 20.8 Å². The van der Waals surface area contributed by atoms with E-state index < -0.39 is 0 Å². The summed E-state index contributed by atoms with van der Waals surface area (Å²) in [4.78, 5) is 10.9. The van der Waals surface area contributed by atoms with E-state index in [1.165, 1.54) is 6.92 Å². The Hall–Kier alpha value is -1.51. The predicted octanol–water partition coefficient (Wildman–Crippen LogP) is 2.51. The van der Waals surface area contributed by atoms with Crippen LogP contribution in [0.3, 0.4) is 0 Å². The third-order valence-corrected chi connectivity index (χ3v) is 1.64. The minimum absolute atomic E-state index is 0.00403. The van der Waals surface area contributed by atoms with Gasteiger partial charge in [-0.3, -0.25) is 4.79 Å². The molecular weight excluding hydrogens is 178 g/mol. The van der Waals surface area contributed by atoms with Gasteiger partial charge < -0.3 is 10.5 Å². The van der Waals surface area contributed by atoms with Gasteiger partial charge in [0.2, 0.25) is 0 Å². The number of nitrogen functional groups attached to an aromatic ring is 1. The SMILES string of the molecule is CC.COc1ccc(C(C)=O)cc1N. The first-order chi connectivity index (χ1) is 6.65. The van der Waals surface area contributed by atoms with Crippen LogP contribution in [0.5, 0.6) is 5.75 Å². The average Bonchev–Trinajstić information content (AvgIpc) is 2.20. The zero-order valence-corrected chi connectivity index (χ0v) is 9.13. The molecule has 78 valence electrons. The van der Waals surface area contributed by atoms with Gasteiger partial charge in [0.1, 0.15) is 5.75 Å². The van der Waals surface area contributed by atoms with Crippen LogP contribution >= 0.6 is 0 Å². The van der Waals surface area contributed by atoms with Crippen LogP contribution in [0.4, 0.5) is 5.69 Å². The van der Waals surface area contributed by atoms with Gasteiger partial charge in [0.15, 0.2) is 5.78 Å². The van der Waals surface area contributed by atoms with Gasteiger partial charge in [-0.25, -0.2) is 0 Å². The van der Waals surface area contributed by atoms with Gasteiger partial charge in [-0.05, 0) is 25.1 Å². The molecule has 0 amide bonds. The summed E-state index contributed by atoms with van der Waals surface area (Å²) in [6, 6.07) is 4.99. The molecule has 1 aromatic carbocycles. The molecular formula is C11H17NO2. The molecule has 0 aliphatic carbocycles. The Morgan fingerprint density at radius 1 is 1.36 bits per heavy atom. The Morgan fingerprint density at radius 3 is 2.29 bits per heavy atom. The molecule has 0 atom stereocenters. The van der Waals surface area contributed by atoms with Crippen LogP contribution in [0.2, 0.25) is 0 Å². The van der Waals surface area contributed by atoms with Crippen LogP contribution in [0.25, 0.3) is 0 Å². The number of ketones is 1. The number of rotatable bonds is 2. The van der Waals surface area contributed by atoms with Crippen molar-refractivity contribution < 1.29 is 9.53 Å².